The standard InChI is InChI=1S/C10H10OS2/c1-7(11)6-10-12-8-4-2-3-5-9(8)13-10/h2-5,10H,6H2,1H3. The summed E-state index contributed by atoms with van der Waals surface area (Å²) in [6.07, 6.45) is 0.671. The maximum absolute atomic E-state index is 10.9. The lowest BCUT2D eigenvalue weighted by Gasteiger charge is -2.02. The SMILES string of the molecule is CC(=O)CC1Sc2ccccc2S1. The maximum atomic E-state index is 10.9. The van der Waals surface area contributed by atoms with Gasteiger partial charge in [-0.05, 0) is 19.1 Å². The van der Waals surface area contributed by atoms with Gasteiger partial charge >= 0.3 is 0 Å². The average Bonchev–Trinajstić information content (AvgIpc) is 2.44. The fourth-order valence-electron chi connectivity index (χ4n) is 1.27. The molecule has 3 heteroatoms. The van der Waals surface area contributed by atoms with Gasteiger partial charge in [0.2, 0.25) is 0 Å². The van der Waals surface area contributed by atoms with Crippen molar-refractivity contribution in [2.45, 2.75) is 27.7 Å². The molecule has 13 heavy (non-hydrogen) atoms. The quantitative estimate of drug-likeness (QED) is 0.746. The van der Waals surface area contributed by atoms with E-state index in [-0.39, 0.29) is 5.78 Å². The Kier molecular flexibility index (Phi) is 2.65. The van der Waals surface area contributed by atoms with E-state index in [9.17, 15) is 4.79 Å². The lowest BCUT2D eigenvalue weighted by Crippen LogP contribution is -1.99. The molecule has 1 aromatic rings. The van der Waals surface area contributed by atoms with Crippen LogP contribution in [0.2, 0.25) is 0 Å². The van der Waals surface area contributed by atoms with Crippen molar-refractivity contribution < 1.29 is 4.79 Å². The van der Waals surface area contributed by atoms with Gasteiger partial charge in [0.1, 0.15) is 5.78 Å². The van der Waals surface area contributed by atoms with Crippen molar-refractivity contribution in [3.63, 3.8) is 0 Å². The molecule has 1 nitrogen and oxygen atoms in total. The number of carbonyl (C=O) groups excluding carboxylic acids is 1. The van der Waals surface area contributed by atoms with Crippen LogP contribution in [0.3, 0.4) is 0 Å². The molecule has 0 atom stereocenters. The maximum Gasteiger partial charge on any atom is 0.131 e. The third kappa shape index (κ3) is 2.09. The molecule has 0 unspecified atom stereocenters. The normalized spacial score (nSPS) is 15.8. The zero-order valence-corrected chi connectivity index (χ0v) is 8.95. The zero-order chi connectivity index (χ0) is 9.26. The van der Waals surface area contributed by atoms with E-state index >= 15 is 0 Å². The van der Waals surface area contributed by atoms with Crippen LogP contribution in [-0.4, -0.2) is 10.4 Å². The van der Waals surface area contributed by atoms with Crippen LogP contribution >= 0.6 is 23.5 Å². The smallest absolute Gasteiger partial charge is 0.131 e. The van der Waals surface area contributed by atoms with Crippen molar-refractivity contribution in [1.82, 2.24) is 0 Å². The molecule has 1 aliphatic rings. The Morgan fingerprint density at radius 3 is 2.31 bits per heavy atom. The Morgan fingerprint density at radius 1 is 1.31 bits per heavy atom. The van der Waals surface area contributed by atoms with Crippen LogP contribution in [0.25, 0.3) is 0 Å². The second kappa shape index (κ2) is 3.76. The minimum absolute atomic E-state index is 0.276. The lowest BCUT2D eigenvalue weighted by molar-refractivity contribution is -0.116. The van der Waals surface area contributed by atoms with Gasteiger partial charge in [-0.2, -0.15) is 0 Å². The predicted molar refractivity (Wildman–Crippen MR) is 57.2 cm³/mol. The molecule has 2 rings (SSSR count). The molecule has 0 bridgehead atoms. The van der Waals surface area contributed by atoms with Gasteiger partial charge in [0.15, 0.2) is 0 Å². The van der Waals surface area contributed by atoms with E-state index in [1.165, 1.54) is 9.79 Å². The molecule has 0 saturated heterocycles. The summed E-state index contributed by atoms with van der Waals surface area (Å²) in [5.74, 6) is 0.276. The highest BCUT2D eigenvalue weighted by Gasteiger charge is 2.23. The molecule has 0 amide bonds. The molecule has 0 radical (unpaired) electrons. The number of hydrogen-bond donors (Lipinski definition) is 0. The van der Waals surface area contributed by atoms with Gasteiger partial charge in [0, 0.05) is 16.2 Å². The molecule has 0 aromatic heterocycles. The number of thioether (sulfide) groups is 2. The fraction of sp³-hybridized carbons (Fsp3) is 0.300. The van der Waals surface area contributed by atoms with Crippen LogP contribution in [-0.2, 0) is 4.79 Å². The second-order valence-electron chi connectivity index (χ2n) is 3.02. The molecule has 0 fully saturated rings. The summed E-state index contributed by atoms with van der Waals surface area (Å²) in [6, 6.07) is 8.32. The average molecular weight is 210 g/mol. The molecule has 1 aliphatic heterocycles. The van der Waals surface area contributed by atoms with Crippen molar-refractivity contribution in [3.8, 4) is 0 Å². The topological polar surface area (TPSA) is 17.1 Å². The summed E-state index contributed by atoms with van der Waals surface area (Å²) in [5, 5.41) is 0. The van der Waals surface area contributed by atoms with E-state index in [1.807, 2.05) is 12.1 Å². The number of hydrogen-bond acceptors (Lipinski definition) is 3. The highest BCUT2D eigenvalue weighted by Crippen LogP contribution is 2.48. The number of carbonyl (C=O) groups is 1. The van der Waals surface area contributed by atoms with Crippen LogP contribution < -0.4 is 0 Å². The molecule has 1 heterocycles. The third-order valence-corrected chi connectivity index (χ3v) is 4.61. The van der Waals surface area contributed by atoms with Crippen LogP contribution in [0.15, 0.2) is 34.1 Å². The first-order valence-corrected chi connectivity index (χ1v) is 5.93. The fourth-order valence-corrected chi connectivity index (χ4v) is 4.26. The van der Waals surface area contributed by atoms with Crippen LogP contribution in [0, 0.1) is 0 Å². The number of Topliss-reactive ketones (excluding diaryl/α,β-unsaturated/α-hetero) is 1. The van der Waals surface area contributed by atoms with E-state index in [0.29, 0.717) is 11.0 Å². The number of ketones is 1. The molecule has 0 N–H and O–H groups in total. The summed E-state index contributed by atoms with van der Waals surface area (Å²) in [6.45, 7) is 1.66. The molecule has 0 saturated carbocycles. The molecule has 0 aliphatic carbocycles. The summed E-state index contributed by atoms with van der Waals surface area (Å²) >= 11 is 3.61. The number of fused-ring (bicyclic) bond motifs is 1. The highest BCUT2D eigenvalue weighted by atomic mass is 32.2. The Balaban J connectivity index is 2.09. The van der Waals surface area contributed by atoms with Crippen molar-refractivity contribution in [2.24, 2.45) is 0 Å². The Morgan fingerprint density at radius 2 is 1.85 bits per heavy atom. The predicted octanol–water partition coefficient (Wildman–Crippen LogP) is 3.19. The molecule has 0 spiro atoms. The largest absolute Gasteiger partial charge is 0.300 e. The van der Waals surface area contributed by atoms with Gasteiger partial charge in [-0.15, -0.1) is 23.5 Å². The minimum Gasteiger partial charge on any atom is -0.300 e. The van der Waals surface area contributed by atoms with Crippen molar-refractivity contribution in [3.05, 3.63) is 24.3 Å². The summed E-state index contributed by atoms with van der Waals surface area (Å²) in [5.41, 5.74) is 0. The summed E-state index contributed by atoms with van der Waals surface area (Å²) < 4.78 is 0.398. The molecular weight excluding hydrogens is 200 g/mol. The van der Waals surface area contributed by atoms with E-state index in [0.717, 1.165) is 0 Å². The first-order valence-electron chi connectivity index (χ1n) is 4.17. The lowest BCUT2D eigenvalue weighted by atomic mass is 10.3. The Bertz CT molecular complexity index is 310. The van der Waals surface area contributed by atoms with Crippen LogP contribution in [0.1, 0.15) is 13.3 Å². The third-order valence-electron chi connectivity index (χ3n) is 1.82. The van der Waals surface area contributed by atoms with Gasteiger partial charge in [-0.1, -0.05) is 12.1 Å². The Hall–Kier alpha value is -0.410. The van der Waals surface area contributed by atoms with E-state index in [2.05, 4.69) is 12.1 Å². The van der Waals surface area contributed by atoms with Gasteiger partial charge < -0.3 is 0 Å². The van der Waals surface area contributed by atoms with Gasteiger partial charge in [-0.25, -0.2) is 0 Å². The van der Waals surface area contributed by atoms with E-state index < -0.39 is 0 Å². The van der Waals surface area contributed by atoms with Gasteiger partial charge in [0.25, 0.3) is 0 Å². The minimum atomic E-state index is 0.276. The first-order chi connectivity index (χ1) is 6.25. The van der Waals surface area contributed by atoms with Crippen LogP contribution in [0.4, 0.5) is 0 Å². The van der Waals surface area contributed by atoms with Crippen molar-refractivity contribution in [2.75, 3.05) is 0 Å². The molecule has 1 aromatic carbocycles. The van der Waals surface area contributed by atoms with Gasteiger partial charge in [0.05, 0.1) is 4.58 Å². The van der Waals surface area contributed by atoms with E-state index in [4.69, 9.17) is 0 Å². The van der Waals surface area contributed by atoms with Crippen LogP contribution in [0.5, 0.6) is 0 Å². The molecule has 68 valence electrons. The number of rotatable bonds is 2. The van der Waals surface area contributed by atoms with Crippen molar-refractivity contribution in [1.29, 1.82) is 0 Å². The zero-order valence-electron chi connectivity index (χ0n) is 7.32. The van der Waals surface area contributed by atoms with Crippen molar-refractivity contribution >= 4 is 29.3 Å². The summed E-state index contributed by atoms with van der Waals surface area (Å²) in [4.78, 5) is 13.6. The van der Waals surface area contributed by atoms with Gasteiger partial charge in [-0.3, -0.25) is 4.79 Å². The first kappa shape index (κ1) is 9.16. The second-order valence-corrected chi connectivity index (χ2v) is 5.81. The highest BCUT2D eigenvalue weighted by molar-refractivity contribution is 8.19. The number of benzene rings is 1. The summed E-state index contributed by atoms with van der Waals surface area (Å²) in [7, 11) is 0. The Labute approximate surface area is 86.3 Å². The van der Waals surface area contributed by atoms with E-state index in [1.54, 1.807) is 30.4 Å². The monoisotopic (exact) mass is 210 g/mol. The molecular formula is C10H10OS2.